The molecule has 0 saturated heterocycles. The summed E-state index contributed by atoms with van der Waals surface area (Å²) in [5.74, 6) is 0. The van der Waals surface area contributed by atoms with Gasteiger partial charge in [0.15, 0.2) is 0 Å². The van der Waals surface area contributed by atoms with E-state index >= 15 is 0 Å². The van der Waals surface area contributed by atoms with Crippen LogP contribution in [-0.4, -0.2) is 0 Å². The van der Waals surface area contributed by atoms with Gasteiger partial charge in [-0.15, -0.1) is 0 Å². The standard InChI is InChI=1S/C11H13Br/c1-3-5-10-6-4-7-11(8-10)9(2)12/h3-9H,1-2H3/b5-3-. The minimum absolute atomic E-state index is 0.433. The van der Waals surface area contributed by atoms with Crippen molar-refractivity contribution >= 4 is 22.0 Å². The fourth-order valence-corrected chi connectivity index (χ4v) is 1.39. The molecule has 0 aliphatic rings. The first kappa shape index (κ1) is 9.53. The highest BCUT2D eigenvalue weighted by atomic mass is 79.9. The van der Waals surface area contributed by atoms with E-state index in [0.29, 0.717) is 4.83 Å². The Hall–Kier alpha value is -0.560. The lowest BCUT2D eigenvalue weighted by Crippen LogP contribution is -1.83. The van der Waals surface area contributed by atoms with Crippen molar-refractivity contribution in [3.8, 4) is 0 Å². The molecule has 0 heterocycles. The molecular formula is C11H13Br. The molecule has 0 spiro atoms. The van der Waals surface area contributed by atoms with Crippen LogP contribution in [0.3, 0.4) is 0 Å². The smallest absolute Gasteiger partial charge is 0.0367 e. The van der Waals surface area contributed by atoms with Crippen molar-refractivity contribution in [2.75, 3.05) is 0 Å². The van der Waals surface area contributed by atoms with Gasteiger partial charge in [0.2, 0.25) is 0 Å². The highest BCUT2D eigenvalue weighted by molar-refractivity contribution is 9.09. The van der Waals surface area contributed by atoms with Crippen LogP contribution in [0.1, 0.15) is 29.8 Å². The molecule has 0 aliphatic heterocycles. The summed E-state index contributed by atoms with van der Waals surface area (Å²) < 4.78 is 0. The Labute approximate surface area is 82.4 Å². The maximum atomic E-state index is 3.54. The molecule has 64 valence electrons. The molecule has 0 bridgehead atoms. The molecule has 0 N–H and O–H groups in total. The van der Waals surface area contributed by atoms with Crippen molar-refractivity contribution in [1.82, 2.24) is 0 Å². The second-order valence-corrected chi connectivity index (χ2v) is 4.16. The SMILES string of the molecule is C/C=C\c1cccc(C(C)Br)c1. The Bertz CT molecular complexity index is 274. The maximum Gasteiger partial charge on any atom is 0.0367 e. The van der Waals surface area contributed by atoms with Crippen LogP contribution in [-0.2, 0) is 0 Å². The molecule has 0 radical (unpaired) electrons. The molecule has 0 fully saturated rings. The van der Waals surface area contributed by atoms with E-state index in [4.69, 9.17) is 0 Å². The summed E-state index contributed by atoms with van der Waals surface area (Å²) in [5, 5.41) is 0. The van der Waals surface area contributed by atoms with Crippen molar-refractivity contribution in [1.29, 1.82) is 0 Å². The third kappa shape index (κ3) is 2.49. The molecule has 0 aromatic heterocycles. The summed E-state index contributed by atoms with van der Waals surface area (Å²) in [6.45, 7) is 4.17. The predicted molar refractivity (Wildman–Crippen MR) is 58.5 cm³/mol. The molecule has 12 heavy (non-hydrogen) atoms. The van der Waals surface area contributed by atoms with Gasteiger partial charge in [-0.3, -0.25) is 0 Å². The molecule has 1 aromatic rings. The van der Waals surface area contributed by atoms with Gasteiger partial charge in [0.25, 0.3) is 0 Å². The van der Waals surface area contributed by atoms with Gasteiger partial charge < -0.3 is 0 Å². The quantitative estimate of drug-likeness (QED) is 0.662. The van der Waals surface area contributed by atoms with Gasteiger partial charge in [0.05, 0.1) is 0 Å². The van der Waals surface area contributed by atoms with Crippen LogP contribution in [0.2, 0.25) is 0 Å². The number of rotatable bonds is 2. The normalized spacial score (nSPS) is 13.6. The largest absolute Gasteiger partial charge is 0.0871 e. The van der Waals surface area contributed by atoms with E-state index in [1.807, 2.05) is 6.92 Å². The number of hydrogen-bond acceptors (Lipinski definition) is 0. The van der Waals surface area contributed by atoms with Crippen molar-refractivity contribution in [2.45, 2.75) is 18.7 Å². The summed E-state index contributed by atoms with van der Waals surface area (Å²) in [5.41, 5.74) is 2.59. The first-order chi connectivity index (χ1) is 5.74. The second-order valence-electron chi connectivity index (χ2n) is 2.79. The summed E-state index contributed by atoms with van der Waals surface area (Å²) in [7, 11) is 0. The third-order valence-corrected chi connectivity index (χ3v) is 2.26. The van der Waals surface area contributed by atoms with Crippen LogP contribution < -0.4 is 0 Å². The van der Waals surface area contributed by atoms with Gasteiger partial charge in [-0.2, -0.15) is 0 Å². The van der Waals surface area contributed by atoms with Crippen LogP contribution in [0.15, 0.2) is 30.3 Å². The predicted octanol–water partition coefficient (Wildman–Crippen LogP) is 4.18. The van der Waals surface area contributed by atoms with E-state index in [9.17, 15) is 0 Å². The monoisotopic (exact) mass is 224 g/mol. The van der Waals surface area contributed by atoms with Crippen molar-refractivity contribution in [3.63, 3.8) is 0 Å². The molecule has 0 saturated carbocycles. The second kappa shape index (κ2) is 4.46. The van der Waals surface area contributed by atoms with Crippen LogP contribution in [0.5, 0.6) is 0 Å². The van der Waals surface area contributed by atoms with Crippen molar-refractivity contribution in [2.24, 2.45) is 0 Å². The molecule has 0 nitrogen and oxygen atoms in total. The van der Waals surface area contributed by atoms with Gasteiger partial charge in [0, 0.05) is 4.83 Å². The van der Waals surface area contributed by atoms with Gasteiger partial charge in [-0.25, -0.2) is 0 Å². The average Bonchev–Trinajstić information content (AvgIpc) is 2.05. The Morgan fingerprint density at radius 2 is 2.17 bits per heavy atom. The zero-order chi connectivity index (χ0) is 8.97. The fraction of sp³-hybridized carbons (Fsp3) is 0.273. The minimum Gasteiger partial charge on any atom is -0.0871 e. The van der Waals surface area contributed by atoms with E-state index in [1.165, 1.54) is 11.1 Å². The Morgan fingerprint density at radius 3 is 2.75 bits per heavy atom. The summed E-state index contributed by atoms with van der Waals surface area (Å²) in [6, 6.07) is 8.52. The van der Waals surface area contributed by atoms with Crippen LogP contribution in [0.4, 0.5) is 0 Å². The summed E-state index contributed by atoms with van der Waals surface area (Å²) >= 11 is 3.54. The van der Waals surface area contributed by atoms with Crippen molar-refractivity contribution < 1.29 is 0 Å². The zero-order valence-electron chi connectivity index (χ0n) is 7.42. The number of halogens is 1. The number of benzene rings is 1. The molecule has 0 aliphatic carbocycles. The Kier molecular flexibility index (Phi) is 3.54. The molecule has 1 unspecified atom stereocenters. The van der Waals surface area contributed by atoms with Gasteiger partial charge in [-0.1, -0.05) is 52.3 Å². The van der Waals surface area contributed by atoms with E-state index in [0.717, 1.165) is 0 Å². The van der Waals surface area contributed by atoms with Gasteiger partial charge in [-0.05, 0) is 25.0 Å². The highest BCUT2D eigenvalue weighted by Gasteiger charge is 1.98. The Morgan fingerprint density at radius 1 is 1.42 bits per heavy atom. The number of allylic oxidation sites excluding steroid dienone is 1. The first-order valence-electron chi connectivity index (χ1n) is 4.10. The van der Waals surface area contributed by atoms with E-state index in [-0.39, 0.29) is 0 Å². The fourth-order valence-electron chi connectivity index (χ4n) is 1.10. The molecule has 1 heteroatoms. The molecule has 0 amide bonds. The van der Waals surface area contributed by atoms with Crippen molar-refractivity contribution in [3.05, 3.63) is 41.5 Å². The summed E-state index contributed by atoms with van der Waals surface area (Å²) in [6.07, 6.45) is 4.16. The zero-order valence-corrected chi connectivity index (χ0v) is 9.01. The first-order valence-corrected chi connectivity index (χ1v) is 5.02. The van der Waals surface area contributed by atoms with E-state index in [1.54, 1.807) is 0 Å². The third-order valence-electron chi connectivity index (χ3n) is 1.73. The molecule has 1 atom stereocenters. The van der Waals surface area contributed by atoms with Crippen LogP contribution in [0, 0.1) is 0 Å². The lowest BCUT2D eigenvalue weighted by Gasteiger charge is -2.03. The lowest BCUT2D eigenvalue weighted by atomic mass is 10.1. The van der Waals surface area contributed by atoms with Crippen LogP contribution >= 0.6 is 15.9 Å². The number of alkyl halides is 1. The minimum atomic E-state index is 0.433. The Balaban J connectivity index is 2.95. The van der Waals surface area contributed by atoms with Gasteiger partial charge in [0.1, 0.15) is 0 Å². The van der Waals surface area contributed by atoms with E-state index < -0.39 is 0 Å². The average molecular weight is 225 g/mol. The maximum absolute atomic E-state index is 3.54. The highest BCUT2D eigenvalue weighted by Crippen LogP contribution is 2.22. The molecular weight excluding hydrogens is 212 g/mol. The summed E-state index contributed by atoms with van der Waals surface area (Å²) in [4.78, 5) is 0.433. The molecule has 1 rings (SSSR count). The molecule has 1 aromatic carbocycles. The van der Waals surface area contributed by atoms with Gasteiger partial charge >= 0.3 is 0 Å². The van der Waals surface area contributed by atoms with Crippen LogP contribution in [0.25, 0.3) is 6.08 Å². The topological polar surface area (TPSA) is 0 Å². The van der Waals surface area contributed by atoms with E-state index in [2.05, 4.69) is 59.3 Å². The number of hydrogen-bond donors (Lipinski definition) is 0. The lowest BCUT2D eigenvalue weighted by molar-refractivity contribution is 1.12.